The summed E-state index contributed by atoms with van der Waals surface area (Å²) in [6.07, 6.45) is 5.36. The van der Waals surface area contributed by atoms with E-state index in [2.05, 4.69) is 11.8 Å². The molecule has 0 aromatic heterocycles. The van der Waals surface area contributed by atoms with Gasteiger partial charge in [-0.2, -0.15) is 0 Å². The van der Waals surface area contributed by atoms with Gasteiger partial charge in [-0.15, -0.1) is 11.6 Å². The van der Waals surface area contributed by atoms with E-state index in [9.17, 15) is 0 Å². The van der Waals surface area contributed by atoms with Crippen LogP contribution in [-0.2, 0) is 4.74 Å². The van der Waals surface area contributed by atoms with Crippen molar-refractivity contribution in [2.45, 2.75) is 38.7 Å². The minimum absolute atomic E-state index is 0.471. The molecule has 0 aromatic carbocycles. The molecule has 0 N–H and O–H groups in total. The number of rotatable bonds is 6. The predicted octanol–water partition coefficient (Wildman–Crippen LogP) is 2.51. The Kier molecular flexibility index (Phi) is 6.57. The van der Waals surface area contributed by atoms with E-state index < -0.39 is 0 Å². The zero-order valence-electron chi connectivity index (χ0n) is 9.17. The topological polar surface area (TPSA) is 12.5 Å². The van der Waals surface area contributed by atoms with Crippen LogP contribution in [0.25, 0.3) is 0 Å². The van der Waals surface area contributed by atoms with Gasteiger partial charge in [-0.3, -0.25) is 0 Å². The first-order chi connectivity index (χ1) is 6.86. The summed E-state index contributed by atoms with van der Waals surface area (Å²) < 4.78 is 5.72. The number of halogens is 1. The third-order valence-corrected chi connectivity index (χ3v) is 3.06. The van der Waals surface area contributed by atoms with Gasteiger partial charge in [-0.1, -0.05) is 6.92 Å². The lowest BCUT2D eigenvalue weighted by Crippen LogP contribution is -2.36. The average molecular weight is 220 g/mol. The summed E-state index contributed by atoms with van der Waals surface area (Å²) >= 11 is 5.69. The molecule has 0 aromatic rings. The minimum Gasteiger partial charge on any atom is -0.377 e. The van der Waals surface area contributed by atoms with Crippen molar-refractivity contribution in [3.63, 3.8) is 0 Å². The number of ether oxygens (including phenoxy) is 1. The van der Waals surface area contributed by atoms with Crippen LogP contribution in [0, 0.1) is 0 Å². The second kappa shape index (κ2) is 7.49. The smallest absolute Gasteiger partial charge is 0.0702 e. The maximum absolute atomic E-state index is 5.72. The Hall–Kier alpha value is 0.210. The molecule has 1 atom stereocenters. The molecular formula is C11H22ClNO. The molecule has 0 spiro atoms. The van der Waals surface area contributed by atoms with Crippen molar-refractivity contribution in [2.24, 2.45) is 0 Å². The molecule has 3 heteroatoms. The van der Waals surface area contributed by atoms with E-state index in [1.165, 1.54) is 19.3 Å². The zero-order chi connectivity index (χ0) is 10.2. The van der Waals surface area contributed by atoms with Gasteiger partial charge in [0.15, 0.2) is 0 Å². The van der Waals surface area contributed by atoms with E-state index in [4.69, 9.17) is 16.3 Å². The molecule has 14 heavy (non-hydrogen) atoms. The van der Waals surface area contributed by atoms with E-state index in [-0.39, 0.29) is 0 Å². The van der Waals surface area contributed by atoms with Crippen LogP contribution in [0.1, 0.15) is 32.6 Å². The fourth-order valence-electron chi connectivity index (χ4n) is 1.90. The quantitative estimate of drug-likeness (QED) is 0.637. The average Bonchev–Trinajstić information content (AvgIpc) is 2.25. The van der Waals surface area contributed by atoms with Crippen LogP contribution in [0.5, 0.6) is 0 Å². The van der Waals surface area contributed by atoms with Gasteiger partial charge in [0.25, 0.3) is 0 Å². The normalized spacial score (nSPS) is 22.9. The van der Waals surface area contributed by atoms with Crippen LogP contribution in [0.2, 0.25) is 0 Å². The first-order valence-corrected chi connectivity index (χ1v) is 6.30. The molecule has 84 valence electrons. The maximum atomic E-state index is 5.72. The van der Waals surface area contributed by atoms with Crippen molar-refractivity contribution >= 4 is 11.6 Å². The van der Waals surface area contributed by atoms with Crippen molar-refractivity contribution in [1.29, 1.82) is 0 Å². The van der Waals surface area contributed by atoms with E-state index in [0.717, 1.165) is 38.5 Å². The molecule has 0 amide bonds. The van der Waals surface area contributed by atoms with Crippen LogP contribution in [0.3, 0.4) is 0 Å². The maximum Gasteiger partial charge on any atom is 0.0702 e. The van der Waals surface area contributed by atoms with Gasteiger partial charge >= 0.3 is 0 Å². The van der Waals surface area contributed by atoms with E-state index in [1.54, 1.807) is 0 Å². The molecule has 1 aliphatic heterocycles. The Morgan fingerprint density at radius 2 is 2.29 bits per heavy atom. The Balaban J connectivity index is 2.16. The van der Waals surface area contributed by atoms with Crippen molar-refractivity contribution in [2.75, 3.05) is 32.1 Å². The molecule has 0 saturated carbocycles. The van der Waals surface area contributed by atoms with E-state index in [0.29, 0.717) is 6.10 Å². The highest BCUT2D eigenvalue weighted by molar-refractivity contribution is 6.17. The molecule has 1 aliphatic rings. The number of nitrogens with zero attached hydrogens (tertiary/aromatic N) is 1. The van der Waals surface area contributed by atoms with Crippen LogP contribution in [0.15, 0.2) is 0 Å². The molecule has 0 bridgehead atoms. The predicted molar refractivity (Wildman–Crippen MR) is 61.0 cm³/mol. The van der Waals surface area contributed by atoms with Crippen molar-refractivity contribution in [3.05, 3.63) is 0 Å². The van der Waals surface area contributed by atoms with Crippen molar-refractivity contribution in [1.82, 2.24) is 4.90 Å². The van der Waals surface area contributed by atoms with E-state index >= 15 is 0 Å². The van der Waals surface area contributed by atoms with Crippen molar-refractivity contribution in [3.8, 4) is 0 Å². The molecule has 0 aliphatic carbocycles. The third-order valence-electron chi connectivity index (χ3n) is 2.79. The molecular weight excluding hydrogens is 198 g/mol. The lowest BCUT2D eigenvalue weighted by molar-refractivity contribution is -0.00477. The van der Waals surface area contributed by atoms with Gasteiger partial charge in [0.1, 0.15) is 0 Å². The van der Waals surface area contributed by atoms with Crippen LogP contribution in [-0.4, -0.2) is 43.1 Å². The Labute approximate surface area is 92.6 Å². The third kappa shape index (κ3) is 4.63. The first-order valence-electron chi connectivity index (χ1n) is 5.76. The summed E-state index contributed by atoms with van der Waals surface area (Å²) in [5.74, 6) is 0.766. The fraction of sp³-hybridized carbons (Fsp3) is 1.00. The zero-order valence-corrected chi connectivity index (χ0v) is 9.93. The Bertz CT molecular complexity index is 137. The Morgan fingerprint density at radius 3 is 2.86 bits per heavy atom. The number of alkyl halides is 1. The van der Waals surface area contributed by atoms with Gasteiger partial charge in [-0.25, -0.2) is 0 Å². The standard InChI is InChI=1S/C11H22ClNO/c1-2-13(8-5-7-12)10-11-6-3-4-9-14-11/h11H,2-10H2,1H3. The summed E-state index contributed by atoms with van der Waals surface area (Å²) in [4.78, 5) is 2.44. The fourth-order valence-corrected chi connectivity index (χ4v) is 2.02. The SMILES string of the molecule is CCN(CCCCl)CC1CCCCO1. The second-order valence-electron chi connectivity index (χ2n) is 3.92. The molecule has 1 rings (SSSR count). The van der Waals surface area contributed by atoms with Crippen LogP contribution < -0.4 is 0 Å². The lowest BCUT2D eigenvalue weighted by atomic mass is 10.1. The van der Waals surface area contributed by atoms with E-state index in [1.807, 2.05) is 0 Å². The molecule has 1 fully saturated rings. The van der Waals surface area contributed by atoms with Crippen LogP contribution in [0.4, 0.5) is 0 Å². The highest BCUT2D eigenvalue weighted by Crippen LogP contribution is 2.13. The summed E-state index contributed by atoms with van der Waals surface area (Å²) in [7, 11) is 0. The molecule has 1 saturated heterocycles. The molecule has 0 radical (unpaired) electrons. The van der Waals surface area contributed by atoms with Gasteiger partial charge in [-0.05, 0) is 38.8 Å². The summed E-state index contributed by atoms with van der Waals surface area (Å²) in [5, 5.41) is 0. The van der Waals surface area contributed by atoms with Gasteiger partial charge < -0.3 is 9.64 Å². The number of likely N-dealkylation sites (N-methyl/N-ethyl adjacent to an activating group) is 1. The minimum atomic E-state index is 0.471. The van der Waals surface area contributed by atoms with Gasteiger partial charge in [0.05, 0.1) is 6.10 Å². The largest absolute Gasteiger partial charge is 0.377 e. The molecule has 1 heterocycles. The summed E-state index contributed by atoms with van der Waals surface area (Å²) in [6.45, 7) is 6.47. The van der Waals surface area contributed by atoms with Crippen LogP contribution >= 0.6 is 11.6 Å². The summed E-state index contributed by atoms with van der Waals surface area (Å²) in [6, 6.07) is 0. The molecule has 1 unspecified atom stereocenters. The number of hydrogen-bond acceptors (Lipinski definition) is 2. The number of hydrogen-bond donors (Lipinski definition) is 0. The second-order valence-corrected chi connectivity index (χ2v) is 4.30. The molecule has 2 nitrogen and oxygen atoms in total. The monoisotopic (exact) mass is 219 g/mol. The van der Waals surface area contributed by atoms with Gasteiger partial charge in [0, 0.05) is 19.0 Å². The van der Waals surface area contributed by atoms with Gasteiger partial charge in [0.2, 0.25) is 0 Å². The Morgan fingerprint density at radius 1 is 1.43 bits per heavy atom. The highest BCUT2D eigenvalue weighted by atomic mass is 35.5. The highest BCUT2D eigenvalue weighted by Gasteiger charge is 2.16. The summed E-state index contributed by atoms with van der Waals surface area (Å²) in [5.41, 5.74) is 0. The first kappa shape index (κ1) is 12.3. The van der Waals surface area contributed by atoms with Crippen molar-refractivity contribution < 1.29 is 4.74 Å². The lowest BCUT2D eigenvalue weighted by Gasteiger charge is -2.28.